The Bertz CT molecular complexity index is 774. The highest BCUT2D eigenvalue weighted by Crippen LogP contribution is 2.16. The van der Waals surface area contributed by atoms with Gasteiger partial charge in [0.2, 0.25) is 5.91 Å². The molecule has 1 amide bonds. The highest BCUT2D eigenvalue weighted by Gasteiger charge is 2.22. The van der Waals surface area contributed by atoms with Gasteiger partial charge in [-0.05, 0) is 30.2 Å². The molecule has 0 saturated heterocycles. The number of esters is 1. The van der Waals surface area contributed by atoms with Crippen LogP contribution >= 0.6 is 0 Å². The molecule has 0 bridgehead atoms. The predicted octanol–water partition coefficient (Wildman–Crippen LogP) is 1.31. The SMILES string of the molecule is CCOC(=O)[C@H](Cc1ccc(N(CCO)CCO)cc1)NC(=O)Cc1ccccc1. The van der Waals surface area contributed by atoms with Crippen molar-refractivity contribution in [3.63, 3.8) is 0 Å². The number of carbonyl (C=O) groups excluding carboxylic acids is 2. The summed E-state index contributed by atoms with van der Waals surface area (Å²) in [6.45, 7) is 2.77. The molecule has 2 rings (SSSR count). The first-order valence-electron chi connectivity index (χ1n) is 10.1. The maximum absolute atomic E-state index is 12.4. The molecule has 0 heterocycles. The van der Waals surface area contributed by atoms with Crippen molar-refractivity contribution in [3.8, 4) is 0 Å². The van der Waals surface area contributed by atoms with E-state index in [1.807, 2.05) is 59.5 Å². The van der Waals surface area contributed by atoms with Crippen LogP contribution in [0.3, 0.4) is 0 Å². The number of nitrogens with zero attached hydrogens (tertiary/aromatic N) is 1. The fourth-order valence-corrected chi connectivity index (χ4v) is 3.15. The van der Waals surface area contributed by atoms with Crippen LogP contribution in [0.25, 0.3) is 0 Å². The van der Waals surface area contributed by atoms with E-state index in [1.54, 1.807) is 6.92 Å². The molecular weight excluding hydrogens is 384 g/mol. The van der Waals surface area contributed by atoms with Gasteiger partial charge in [0.15, 0.2) is 0 Å². The number of hydrogen-bond donors (Lipinski definition) is 3. The van der Waals surface area contributed by atoms with Gasteiger partial charge in [-0.3, -0.25) is 4.79 Å². The zero-order chi connectivity index (χ0) is 21.8. The highest BCUT2D eigenvalue weighted by molar-refractivity contribution is 5.85. The molecule has 0 aromatic heterocycles. The number of aliphatic hydroxyl groups is 2. The van der Waals surface area contributed by atoms with Crippen LogP contribution in [-0.4, -0.2) is 61.0 Å². The molecule has 3 N–H and O–H groups in total. The molecule has 1 atom stereocenters. The quantitative estimate of drug-likeness (QED) is 0.453. The smallest absolute Gasteiger partial charge is 0.328 e. The lowest BCUT2D eigenvalue weighted by molar-refractivity contribution is -0.147. The molecule has 2 aromatic rings. The summed E-state index contributed by atoms with van der Waals surface area (Å²) in [6.07, 6.45) is 0.493. The zero-order valence-corrected chi connectivity index (χ0v) is 17.3. The maximum atomic E-state index is 12.4. The van der Waals surface area contributed by atoms with E-state index in [0.29, 0.717) is 19.5 Å². The molecule has 0 aliphatic carbocycles. The Labute approximate surface area is 177 Å². The minimum Gasteiger partial charge on any atom is -0.464 e. The van der Waals surface area contributed by atoms with Crippen LogP contribution in [0.1, 0.15) is 18.1 Å². The van der Waals surface area contributed by atoms with Crippen LogP contribution in [0.4, 0.5) is 5.69 Å². The summed E-state index contributed by atoms with van der Waals surface area (Å²) in [4.78, 5) is 26.7. The van der Waals surface area contributed by atoms with Crippen molar-refractivity contribution in [2.75, 3.05) is 37.8 Å². The van der Waals surface area contributed by atoms with E-state index in [0.717, 1.165) is 16.8 Å². The standard InChI is InChI=1S/C23H30N2O5/c1-2-30-23(29)21(24-22(28)17-18-6-4-3-5-7-18)16-19-8-10-20(11-9-19)25(12-14-26)13-15-27/h3-11,21,26-27H,2,12-17H2,1H3,(H,24,28)/t21-/m0/s1. The predicted molar refractivity (Wildman–Crippen MR) is 115 cm³/mol. The van der Waals surface area contributed by atoms with Crippen molar-refractivity contribution in [2.24, 2.45) is 0 Å². The number of carbonyl (C=O) groups is 2. The summed E-state index contributed by atoms with van der Waals surface area (Å²) < 4.78 is 5.14. The molecule has 30 heavy (non-hydrogen) atoms. The van der Waals surface area contributed by atoms with Gasteiger partial charge >= 0.3 is 5.97 Å². The monoisotopic (exact) mass is 414 g/mol. The Kier molecular flexibility index (Phi) is 9.83. The Hall–Kier alpha value is -2.90. The Balaban J connectivity index is 2.06. The van der Waals surface area contributed by atoms with Crippen molar-refractivity contribution < 1.29 is 24.5 Å². The van der Waals surface area contributed by atoms with E-state index in [1.165, 1.54) is 0 Å². The van der Waals surface area contributed by atoms with E-state index in [-0.39, 0.29) is 32.1 Å². The maximum Gasteiger partial charge on any atom is 0.328 e. The molecule has 0 spiro atoms. The molecule has 162 valence electrons. The Morgan fingerprint density at radius 1 is 0.967 bits per heavy atom. The minimum absolute atomic E-state index is 0.0138. The van der Waals surface area contributed by atoms with Crippen LogP contribution in [0.2, 0.25) is 0 Å². The van der Waals surface area contributed by atoms with Crippen LogP contribution in [0.15, 0.2) is 54.6 Å². The molecule has 0 unspecified atom stereocenters. The number of ether oxygens (including phenoxy) is 1. The summed E-state index contributed by atoms with van der Waals surface area (Å²) in [5.74, 6) is -0.710. The lowest BCUT2D eigenvalue weighted by Gasteiger charge is -2.23. The molecular formula is C23H30N2O5. The summed E-state index contributed by atoms with van der Waals surface area (Å²) in [5.41, 5.74) is 2.60. The summed E-state index contributed by atoms with van der Waals surface area (Å²) in [7, 11) is 0. The largest absolute Gasteiger partial charge is 0.464 e. The van der Waals surface area contributed by atoms with Gasteiger partial charge in [-0.25, -0.2) is 4.79 Å². The van der Waals surface area contributed by atoms with Gasteiger partial charge in [0.25, 0.3) is 0 Å². The molecule has 0 saturated carbocycles. The Morgan fingerprint density at radius 2 is 1.60 bits per heavy atom. The van der Waals surface area contributed by atoms with E-state index in [2.05, 4.69) is 5.32 Å². The number of aliphatic hydroxyl groups excluding tert-OH is 2. The van der Waals surface area contributed by atoms with Gasteiger partial charge in [0.05, 0.1) is 26.2 Å². The van der Waals surface area contributed by atoms with Crippen LogP contribution in [0.5, 0.6) is 0 Å². The topological polar surface area (TPSA) is 99.1 Å². The van der Waals surface area contributed by atoms with Crippen LogP contribution in [0, 0.1) is 0 Å². The number of hydrogen-bond acceptors (Lipinski definition) is 6. The average Bonchev–Trinajstić information content (AvgIpc) is 2.74. The molecule has 7 heteroatoms. The van der Waals surface area contributed by atoms with Crippen LogP contribution in [-0.2, 0) is 27.2 Å². The Morgan fingerprint density at radius 3 is 2.17 bits per heavy atom. The lowest BCUT2D eigenvalue weighted by Crippen LogP contribution is -2.44. The van der Waals surface area contributed by atoms with E-state index < -0.39 is 12.0 Å². The second kappa shape index (κ2) is 12.6. The normalized spacial score (nSPS) is 11.6. The zero-order valence-electron chi connectivity index (χ0n) is 17.3. The fourth-order valence-electron chi connectivity index (χ4n) is 3.15. The lowest BCUT2D eigenvalue weighted by atomic mass is 10.0. The van der Waals surface area contributed by atoms with Gasteiger partial charge in [-0.2, -0.15) is 0 Å². The third-order valence-electron chi connectivity index (χ3n) is 4.59. The van der Waals surface area contributed by atoms with Crippen molar-refractivity contribution in [2.45, 2.75) is 25.8 Å². The van der Waals surface area contributed by atoms with Gasteiger partial charge < -0.3 is 25.2 Å². The molecule has 0 fully saturated rings. The van der Waals surface area contributed by atoms with Gasteiger partial charge in [0, 0.05) is 25.2 Å². The summed E-state index contributed by atoms with van der Waals surface area (Å²) >= 11 is 0. The van der Waals surface area contributed by atoms with Crippen molar-refractivity contribution in [1.82, 2.24) is 5.32 Å². The van der Waals surface area contributed by atoms with Crippen molar-refractivity contribution in [3.05, 3.63) is 65.7 Å². The number of anilines is 1. The highest BCUT2D eigenvalue weighted by atomic mass is 16.5. The number of rotatable bonds is 12. The average molecular weight is 415 g/mol. The molecule has 2 aromatic carbocycles. The molecule has 0 radical (unpaired) electrons. The third-order valence-corrected chi connectivity index (χ3v) is 4.59. The second-order valence-corrected chi connectivity index (χ2v) is 6.84. The van der Waals surface area contributed by atoms with Crippen molar-refractivity contribution >= 4 is 17.6 Å². The fraction of sp³-hybridized carbons (Fsp3) is 0.391. The number of amides is 1. The molecule has 0 aliphatic rings. The van der Waals surface area contributed by atoms with E-state index in [4.69, 9.17) is 4.74 Å². The second-order valence-electron chi connectivity index (χ2n) is 6.84. The number of nitrogens with one attached hydrogen (secondary N) is 1. The molecule has 0 aliphatic heterocycles. The molecule has 7 nitrogen and oxygen atoms in total. The van der Waals surface area contributed by atoms with Gasteiger partial charge in [-0.15, -0.1) is 0 Å². The van der Waals surface area contributed by atoms with Crippen LogP contribution < -0.4 is 10.2 Å². The first-order chi connectivity index (χ1) is 14.6. The first kappa shape index (κ1) is 23.4. The third kappa shape index (κ3) is 7.50. The van der Waals surface area contributed by atoms with Crippen molar-refractivity contribution in [1.29, 1.82) is 0 Å². The van der Waals surface area contributed by atoms with Gasteiger partial charge in [-0.1, -0.05) is 42.5 Å². The number of benzene rings is 2. The van der Waals surface area contributed by atoms with E-state index in [9.17, 15) is 19.8 Å². The summed E-state index contributed by atoms with van der Waals surface area (Å²) in [6, 6.07) is 16.0. The van der Waals surface area contributed by atoms with E-state index >= 15 is 0 Å². The first-order valence-corrected chi connectivity index (χ1v) is 10.1. The summed E-state index contributed by atoms with van der Waals surface area (Å²) in [5, 5.41) is 21.2. The van der Waals surface area contributed by atoms with Gasteiger partial charge in [0.1, 0.15) is 6.04 Å². The minimum atomic E-state index is -0.780.